The molecule has 2 heterocycles. The number of anilines is 1. The summed E-state index contributed by atoms with van der Waals surface area (Å²) < 4.78 is 0. The zero-order valence-corrected chi connectivity index (χ0v) is 10.5. The number of aromatic nitrogens is 4. The summed E-state index contributed by atoms with van der Waals surface area (Å²) in [5, 5.41) is 0. The second-order valence-electron chi connectivity index (χ2n) is 4.10. The van der Waals surface area contributed by atoms with Crippen LogP contribution in [0.25, 0.3) is 11.3 Å². The Bertz CT molecular complexity index is 522. The van der Waals surface area contributed by atoms with Gasteiger partial charge in [0, 0.05) is 37.7 Å². The first-order valence-electron chi connectivity index (χ1n) is 5.37. The highest BCUT2D eigenvalue weighted by atomic mass is 15.2. The second kappa shape index (κ2) is 4.45. The molecule has 0 aliphatic heterocycles. The van der Waals surface area contributed by atoms with Crippen molar-refractivity contribution in [3.8, 4) is 11.3 Å². The maximum absolute atomic E-state index is 4.54. The zero-order chi connectivity index (χ0) is 12.4. The summed E-state index contributed by atoms with van der Waals surface area (Å²) in [6.45, 7) is 3.99. The molecule has 0 fully saturated rings. The number of hydrogen-bond acceptors (Lipinski definition) is 5. The molecular formula is C12H15N5. The Morgan fingerprint density at radius 1 is 1.00 bits per heavy atom. The number of aryl methyl sites for hydroxylation is 1. The van der Waals surface area contributed by atoms with Crippen LogP contribution >= 0.6 is 0 Å². The van der Waals surface area contributed by atoms with Crippen LogP contribution < -0.4 is 4.90 Å². The van der Waals surface area contributed by atoms with E-state index in [2.05, 4.69) is 19.9 Å². The summed E-state index contributed by atoms with van der Waals surface area (Å²) in [6, 6.07) is 0. The van der Waals surface area contributed by atoms with E-state index < -0.39 is 0 Å². The first-order chi connectivity index (χ1) is 8.09. The summed E-state index contributed by atoms with van der Waals surface area (Å²) in [6.07, 6.45) is 5.04. The predicted octanol–water partition coefficient (Wildman–Crippen LogP) is 1.62. The Morgan fingerprint density at radius 2 is 1.65 bits per heavy atom. The van der Waals surface area contributed by atoms with Gasteiger partial charge in [-0.05, 0) is 19.4 Å². The molecule has 0 unspecified atom stereocenters. The van der Waals surface area contributed by atoms with Gasteiger partial charge in [0.25, 0.3) is 0 Å². The van der Waals surface area contributed by atoms with E-state index in [0.717, 1.165) is 22.5 Å². The maximum atomic E-state index is 4.54. The summed E-state index contributed by atoms with van der Waals surface area (Å²) in [5.41, 5.74) is 3.84. The Labute approximate surface area is 101 Å². The molecular weight excluding hydrogens is 214 g/mol. The first kappa shape index (κ1) is 11.4. The van der Waals surface area contributed by atoms with Crippen molar-refractivity contribution in [2.24, 2.45) is 0 Å². The molecule has 5 nitrogen and oxygen atoms in total. The van der Waals surface area contributed by atoms with Crippen molar-refractivity contribution < 1.29 is 0 Å². The van der Waals surface area contributed by atoms with Gasteiger partial charge < -0.3 is 4.90 Å². The first-order valence-corrected chi connectivity index (χ1v) is 5.37. The lowest BCUT2D eigenvalue weighted by Gasteiger charge is -2.14. The van der Waals surface area contributed by atoms with Crippen LogP contribution in [-0.2, 0) is 0 Å². The van der Waals surface area contributed by atoms with Crippen molar-refractivity contribution >= 4 is 5.95 Å². The number of nitrogens with zero attached hydrogens (tertiary/aromatic N) is 5. The minimum Gasteiger partial charge on any atom is -0.347 e. The van der Waals surface area contributed by atoms with Crippen LogP contribution in [0.15, 0.2) is 18.7 Å². The number of rotatable bonds is 2. The molecule has 0 atom stereocenters. The van der Waals surface area contributed by atoms with Gasteiger partial charge in [0.15, 0.2) is 0 Å². The third-order valence-electron chi connectivity index (χ3n) is 2.61. The highest BCUT2D eigenvalue weighted by Crippen LogP contribution is 2.23. The SMILES string of the molecule is Cc1nc(N(C)C)nc(-c2cncnc2)c1C. The molecule has 2 aromatic heterocycles. The average molecular weight is 229 g/mol. The average Bonchev–Trinajstić information content (AvgIpc) is 2.33. The molecule has 0 aliphatic rings. The van der Waals surface area contributed by atoms with Crippen LogP contribution in [-0.4, -0.2) is 34.0 Å². The van der Waals surface area contributed by atoms with Gasteiger partial charge in [-0.15, -0.1) is 0 Å². The van der Waals surface area contributed by atoms with Crippen molar-refractivity contribution in [3.05, 3.63) is 30.0 Å². The van der Waals surface area contributed by atoms with E-state index in [1.165, 1.54) is 6.33 Å². The third-order valence-corrected chi connectivity index (χ3v) is 2.61. The van der Waals surface area contributed by atoms with Gasteiger partial charge in [0.1, 0.15) is 6.33 Å². The minimum atomic E-state index is 0.701. The highest BCUT2D eigenvalue weighted by molar-refractivity contribution is 5.63. The molecule has 2 aromatic rings. The molecule has 17 heavy (non-hydrogen) atoms. The van der Waals surface area contributed by atoms with Gasteiger partial charge in [-0.1, -0.05) is 0 Å². The summed E-state index contributed by atoms with van der Waals surface area (Å²) in [4.78, 5) is 18.9. The fourth-order valence-electron chi connectivity index (χ4n) is 1.52. The topological polar surface area (TPSA) is 54.8 Å². The molecule has 0 aromatic carbocycles. The van der Waals surface area contributed by atoms with Crippen molar-refractivity contribution in [2.45, 2.75) is 13.8 Å². The van der Waals surface area contributed by atoms with Crippen LogP contribution in [0.3, 0.4) is 0 Å². The van der Waals surface area contributed by atoms with Crippen LogP contribution in [0.5, 0.6) is 0 Å². The van der Waals surface area contributed by atoms with E-state index in [-0.39, 0.29) is 0 Å². The van der Waals surface area contributed by atoms with Crippen molar-refractivity contribution in [1.82, 2.24) is 19.9 Å². The van der Waals surface area contributed by atoms with Gasteiger partial charge in [0.2, 0.25) is 5.95 Å². The highest BCUT2D eigenvalue weighted by Gasteiger charge is 2.11. The summed E-state index contributed by atoms with van der Waals surface area (Å²) >= 11 is 0. The fraction of sp³-hybridized carbons (Fsp3) is 0.333. The lowest BCUT2D eigenvalue weighted by atomic mass is 10.1. The van der Waals surface area contributed by atoms with E-state index in [1.807, 2.05) is 32.8 Å². The van der Waals surface area contributed by atoms with E-state index in [1.54, 1.807) is 12.4 Å². The molecule has 0 amide bonds. The van der Waals surface area contributed by atoms with Crippen LogP contribution in [0.2, 0.25) is 0 Å². The van der Waals surface area contributed by atoms with Crippen molar-refractivity contribution in [3.63, 3.8) is 0 Å². The lowest BCUT2D eigenvalue weighted by Crippen LogP contribution is -2.14. The Morgan fingerprint density at radius 3 is 2.24 bits per heavy atom. The molecule has 0 N–H and O–H groups in total. The van der Waals surface area contributed by atoms with Gasteiger partial charge in [-0.3, -0.25) is 0 Å². The van der Waals surface area contributed by atoms with Gasteiger partial charge >= 0.3 is 0 Å². The Hall–Kier alpha value is -2.04. The predicted molar refractivity (Wildman–Crippen MR) is 66.9 cm³/mol. The van der Waals surface area contributed by atoms with Crippen LogP contribution in [0, 0.1) is 13.8 Å². The van der Waals surface area contributed by atoms with Gasteiger partial charge in [-0.25, -0.2) is 19.9 Å². The Kier molecular flexibility index (Phi) is 2.99. The van der Waals surface area contributed by atoms with E-state index in [4.69, 9.17) is 0 Å². The maximum Gasteiger partial charge on any atom is 0.225 e. The molecule has 0 aliphatic carbocycles. The zero-order valence-electron chi connectivity index (χ0n) is 10.5. The molecule has 0 saturated carbocycles. The van der Waals surface area contributed by atoms with Crippen LogP contribution in [0.4, 0.5) is 5.95 Å². The fourth-order valence-corrected chi connectivity index (χ4v) is 1.52. The summed E-state index contributed by atoms with van der Waals surface area (Å²) in [5.74, 6) is 0.701. The third kappa shape index (κ3) is 2.22. The standard InChI is InChI=1S/C12H15N5/c1-8-9(2)15-12(17(3)4)16-11(8)10-5-13-7-14-6-10/h5-7H,1-4H3. The molecule has 2 rings (SSSR count). The molecule has 0 saturated heterocycles. The normalized spacial score (nSPS) is 10.4. The molecule has 0 radical (unpaired) electrons. The van der Waals surface area contributed by atoms with Gasteiger partial charge in [0.05, 0.1) is 5.69 Å². The summed E-state index contributed by atoms with van der Waals surface area (Å²) in [7, 11) is 3.85. The second-order valence-corrected chi connectivity index (χ2v) is 4.10. The monoisotopic (exact) mass is 229 g/mol. The van der Waals surface area contributed by atoms with Crippen molar-refractivity contribution in [2.75, 3.05) is 19.0 Å². The van der Waals surface area contributed by atoms with Crippen LogP contribution in [0.1, 0.15) is 11.3 Å². The molecule has 88 valence electrons. The molecule has 0 bridgehead atoms. The minimum absolute atomic E-state index is 0.701. The number of hydrogen-bond donors (Lipinski definition) is 0. The van der Waals surface area contributed by atoms with E-state index in [0.29, 0.717) is 5.95 Å². The quantitative estimate of drug-likeness (QED) is 0.783. The van der Waals surface area contributed by atoms with E-state index >= 15 is 0 Å². The van der Waals surface area contributed by atoms with Crippen molar-refractivity contribution in [1.29, 1.82) is 0 Å². The van der Waals surface area contributed by atoms with Gasteiger partial charge in [-0.2, -0.15) is 0 Å². The smallest absolute Gasteiger partial charge is 0.225 e. The Balaban J connectivity index is 2.61. The largest absolute Gasteiger partial charge is 0.347 e. The molecule has 0 spiro atoms. The molecule has 5 heteroatoms. The van der Waals surface area contributed by atoms with E-state index in [9.17, 15) is 0 Å². The lowest BCUT2D eigenvalue weighted by molar-refractivity contribution is 0.965.